The third kappa shape index (κ3) is 0.337. The minimum Gasteiger partial charge on any atom is -0.478 e. The van der Waals surface area contributed by atoms with E-state index in [4.69, 9.17) is 0 Å². The Morgan fingerprint density at radius 2 is 2.33 bits per heavy atom. The van der Waals surface area contributed by atoms with Crippen molar-refractivity contribution < 1.29 is 4.74 Å². The minimum atomic E-state index is 0.579. The molecule has 0 aliphatic carbocycles. The monoisotopic (exact) mass is 100.0 g/mol. The molecule has 1 rings (SSSR count). The first kappa shape index (κ1) is 3.81. The molecule has 6 heavy (non-hydrogen) atoms. The molecule has 0 aromatic heterocycles. The van der Waals surface area contributed by atoms with Gasteiger partial charge in [-0.25, -0.2) is 0 Å². The van der Waals surface area contributed by atoms with Gasteiger partial charge in [0.2, 0.25) is 0 Å². The largest absolute Gasteiger partial charge is 0.478 e. The van der Waals surface area contributed by atoms with Gasteiger partial charge < -0.3 is 4.74 Å². The lowest BCUT2D eigenvalue weighted by Gasteiger charge is -2.17. The highest BCUT2D eigenvalue weighted by Crippen LogP contribution is 2.08. The van der Waals surface area contributed by atoms with Crippen molar-refractivity contribution in [1.82, 2.24) is 0 Å². The van der Waals surface area contributed by atoms with Crippen LogP contribution in [0.15, 0.2) is 12.2 Å². The van der Waals surface area contributed by atoms with E-state index in [1.807, 2.05) is 0 Å². The van der Waals surface area contributed by atoms with Gasteiger partial charge in [-0.05, 0) is 12.2 Å². The first-order valence-electron chi connectivity index (χ1n) is 1.65. The van der Waals surface area contributed by atoms with Crippen molar-refractivity contribution >= 4 is 17.3 Å². The molecule has 1 fully saturated rings. The Morgan fingerprint density at radius 1 is 1.83 bits per heavy atom. The van der Waals surface area contributed by atoms with E-state index in [9.17, 15) is 0 Å². The van der Waals surface area contributed by atoms with E-state index in [2.05, 4.69) is 23.5 Å². The lowest BCUT2D eigenvalue weighted by Crippen LogP contribution is -2.20. The molecule has 0 unspecified atom stereocenters. The van der Waals surface area contributed by atoms with E-state index < -0.39 is 0 Å². The Labute approximate surface area is 41.6 Å². The molecule has 0 aromatic rings. The second-order valence-electron chi connectivity index (χ2n) is 1.18. The highest BCUT2D eigenvalue weighted by molar-refractivity contribution is 7.80. The Balaban J connectivity index is 2.61. The van der Waals surface area contributed by atoms with Crippen molar-refractivity contribution in [2.45, 2.75) is 0 Å². The predicted octanol–water partition coefficient (Wildman–Crippen LogP) is 0.900. The van der Waals surface area contributed by atoms with Gasteiger partial charge in [0, 0.05) is 5.57 Å². The Kier molecular flexibility index (Phi) is 0.665. The standard InChI is InChI=1S/C4H4OS/c1-3-2-5-4(3)6/h1-2H2. The molecule has 0 bridgehead atoms. The van der Waals surface area contributed by atoms with Gasteiger partial charge in [0.1, 0.15) is 6.61 Å². The van der Waals surface area contributed by atoms with Gasteiger partial charge in [0.25, 0.3) is 0 Å². The normalized spacial score (nSPS) is 19.3. The highest BCUT2D eigenvalue weighted by atomic mass is 32.1. The molecule has 0 N–H and O–H groups in total. The van der Waals surface area contributed by atoms with Crippen LogP contribution in [0.5, 0.6) is 0 Å². The topological polar surface area (TPSA) is 9.23 Å². The summed E-state index contributed by atoms with van der Waals surface area (Å²) in [5.41, 5.74) is 0.949. The van der Waals surface area contributed by atoms with Crippen molar-refractivity contribution in [3.8, 4) is 0 Å². The maximum Gasteiger partial charge on any atom is 0.190 e. The molecule has 0 atom stereocenters. The first-order valence-corrected chi connectivity index (χ1v) is 2.06. The van der Waals surface area contributed by atoms with Crippen molar-refractivity contribution in [3.63, 3.8) is 0 Å². The third-order valence-electron chi connectivity index (χ3n) is 0.666. The average molecular weight is 100 g/mol. The molecule has 0 spiro atoms. The second-order valence-corrected chi connectivity index (χ2v) is 1.55. The highest BCUT2D eigenvalue weighted by Gasteiger charge is 2.13. The number of rotatable bonds is 0. The molecule has 1 nitrogen and oxygen atoms in total. The van der Waals surface area contributed by atoms with Gasteiger partial charge in [-0.1, -0.05) is 6.58 Å². The van der Waals surface area contributed by atoms with Crippen molar-refractivity contribution in [1.29, 1.82) is 0 Å². The Hall–Kier alpha value is -0.370. The van der Waals surface area contributed by atoms with Gasteiger partial charge in [0.05, 0.1) is 0 Å². The molecule has 32 valence electrons. The molecular formula is C4H4OS. The fourth-order valence-corrected chi connectivity index (χ4v) is 0.351. The van der Waals surface area contributed by atoms with Crippen LogP contribution in [0.2, 0.25) is 0 Å². The molecule has 0 saturated carbocycles. The van der Waals surface area contributed by atoms with Crippen LogP contribution >= 0.6 is 12.2 Å². The molecule has 0 aromatic carbocycles. The summed E-state index contributed by atoms with van der Waals surface area (Å²) in [5, 5.41) is 0.579. The quantitative estimate of drug-likeness (QED) is 0.330. The number of hydrogen-bond donors (Lipinski definition) is 0. The molecular weight excluding hydrogens is 96.1 g/mol. The van der Waals surface area contributed by atoms with Crippen LogP contribution in [-0.4, -0.2) is 11.7 Å². The van der Waals surface area contributed by atoms with Gasteiger partial charge in [-0.3, -0.25) is 0 Å². The molecule has 2 heteroatoms. The maximum absolute atomic E-state index is 4.67. The zero-order valence-corrected chi connectivity index (χ0v) is 4.05. The first-order chi connectivity index (χ1) is 2.80. The Morgan fingerprint density at radius 3 is 2.33 bits per heavy atom. The number of hydrogen-bond acceptors (Lipinski definition) is 2. The van der Waals surface area contributed by atoms with E-state index in [0.717, 1.165) is 5.57 Å². The minimum absolute atomic E-state index is 0.579. The zero-order chi connectivity index (χ0) is 4.57. The summed E-state index contributed by atoms with van der Waals surface area (Å²) in [7, 11) is 0. The third-order valence-corrected chi connectivity index (χ3v) is 1.07. The van der Waals surface area contributed by atoms with Crippen LogP contribution in [0, 0.1) is 0 Å². The van der Waals surface area contributed by atoms with Crippen LogP contribution in [0.1, 0.15) is 0 Å². The van der Waals surface area contributed by atoms with Gasteiger partial charge in [-0.15, -0.1) is 0 Å². The van der Waals surface area contributed by atoms with Crippen molar-refractivity contribution in [2.75, 3.05) is 6.61 Å². The molecule has 1 aliphatic rings. The van der Waals surface area contributed by atoms with E-state index in [0.29, 0.717) is 11.7 Å². The summed E-state index contributed by atoms with van der Waals surface area (Å²) < 4.78 is 4.67. The molecule has 1 aliphatic heterocycles. The van der Waals surface area contributed by atoms with Crippen LogP contribution in [-0.2, 0) is 4.74 Å². The SMILES string of the molecule is C=C1COC1=S. The number of thiocarbonyl (C=S) groups is 1. The average Bonchev–Trinajstić information content (AvgIpc) is 1.61. The van der Waals surface area contributed by atoms with E-state index in [-0.39, 0.29) is 0 Å². The summed E-state index contributed by atoms with van der Waals surface area (Å²) in [4.78, 5) is 0. The second kappa shape index (κ2) is 1.05. The van der Waals surface area contributed by atoms with Crippen molar-refractivity contribution in [3.05, 3.63) is 12.2 Å². The lowest BCUT2D eigenvalue weighted by atomic mass is 10.3. The predicted molar refractivity (Wildman–Crippen MR) is 27.7 cm³/mol. The Bertz CT molecular complexity index is 92.1. The van der Waals surface area contributed by atoms with E-state index >= 15 is 0 Å². The fourth-order valence-electron chi connectivity index (χ4n) is 0.233. The summed E-state index contributed by atoms with van der Waals surface area (Å²) in [5.74, 6) is 0. The maximum atomic E-state index is 4.67. The van der Waals surface area contributed by atoms with Crippen molar-refractivity contribution in [2.24, 2.45) is 0 Å². The summed E-state index contributed by atoms with van der Waals surface area (Å²) in [6.07, 6.45) is 0. The summed E-state index contributed by atoms with van der Waals surface area (Å²) in [6.45, 7) is 4.21. The van der Waals surface area contributed by atoms with Gasteiger partial charge in [0.15, 0.2) is 5.05 Å². The van der Waals surface area contributed by atoms with Crippen LogP contribution in [0.4, 0.5) is 0 Å². The van der Waals surface area contributed by atoms with Gasteiger partial charge in [-0.2, -0.15) is 0 Å². The van der Waals surface area contributed by atoms with Crippen LogP contribution < -0.4 is 0 Å². The van der Waals surface area contributed by atoms with Crippen LogP contribution in [0.25, 0.3) is 0 Å². The molecule has 1 heterocycles. The van der Waals surface area contributed by atoms with E-state index in [1.165, 1.54) is 0 Å². The number of ether oxygens (including phenoxy) is 1. The fraction of sp³-hybridized carbons (Fsp3) is 0.250. The van der Waals surface area contributed by atoms with Crippen LogP contribution in [0.3, 0.4) is 0 Å². The smallest absolute Gasteiger partial charge is 0.190 e. The summed E-state index contributed by atoms with van der Waals surface area (Å²) in [6, 6.07) is 0. The summed E-state index contributed by atoms with van der Waals surface area (Å²) >= 11 is 4.58. The molecule has 1 saturated heterocycles. The van der Waals surface area contributed by atoms with Gasteiger partial charge >= 0.3 is 0 Å². The zero-order valence-electron chi connectivity index (χ0n) is 3.23. The molecule has 0 amide bonds. The molecule has 0 radical (unpaired) electrons. The van der Waals surface area contributed by atoms with E-state index in [1.54, 1.807) is 0 Å². The lowest BCUT2D eigenvalue weighted by molar-refractivity contribution is 0.302.